The SMILES string of the molecule is COc1cccc(C2SCC(=O)Nc3c2c(C)nn3-c2cccc(Cl)c2)c1OC. The normalized spacial score (nSPS) is 16.0. The number of hydrogen-bond acceptors (Lipinski definition) is 5. The Balaban J connectivity index is 1.93. The smallest absolute Gasteiger partial charge is 0.235 e. The first-order valence-electron chi connectivity index (χ1n) is 9.01. The monoisotopic (exact) mass is 429 g/mol. The van der Waals surface area contributed by atoms with Crippen LogP contribution in [0.5, 0.6) is 11.5 Å². The molecule has 0 fully saturated rings. The lowest BCUT2D eigenvalue weighted by Crippen LogP contribution is -2.15. The zero-order valence-corrected chi connectivity index (χ0v) is 17.8. The summed E-state index contributed by atoms with van der Waals surface area (Å²) >= 11 is 7.72. The number of para-hydroxylation sites is 1. The summed E-state index contributed by atoms with van der Waals surface area (Å²) in [5.41, 5.74) is 3.48. The molecule has 0 saturated heterocycles. The number of methoxy groups -OCH3 is 2. The number of thioether (sulfide) groups is 1. The molecule has 0 spiro atoms. The van der Waals surface area contributed by atoms with E-state index in [1.165, 1.54) is 11.8 Å². The van der Waals surface area contributed by atoms with Gasteiger partial charge in [0.05, 0.1) is 36.6 Å². The summed E-state index contributed by atoms with van der Waals surface area (Å²) in [6.45, 7) is 1.94. The molecule has 0 aliphatic carbocycles. The Morgan fingerprint density at radius 1 is 1.21 bits per heavy atom. The summed E-state index contributed by atoms with van der Waals surface area (Å²) in [7, 11) is 3.23. The number of aromatic nitrogens is 2. The van der Waals surface area contributed by atoms with Gasteiger partial charge in [-0.25, -0.2) is 4.68 Å². The highest BCUT2D eigenvalue weighted by atomic mass is 35.5. The van der Waals surface area contributed by atoms with E-state index in [0.717, 1.165) is 22.5 Å². The molecule has 29 heavy (non-hydrogen) atoms. The average molecular weight is 430 g/mol. The molecule has 1 N–H and O–H groups in total. The number of amides is 1. The van der Waals surface area contributed by atoms with Crippen molar-refractivity contribution in [1.29, 1.82) is 0 Å². The predicted molar refractivity (Wildman–Crippen MR) is 116 cm³/mol. The van der Waals surface area contributed by atoms with Crippen LogP contribution in [0.2, 0.25) is 5.02 Å². The zero-order valence-electron chi connectivity index (χ0n) is 16.2. The van der Waals surface area contributed by atoms with Crippen LogP contribution in [0.4, 0.5) is 5.82 Å². The minimum atomic E-state index is -0.151. The van der Waals surface area contributed by atoms with Crippen LogP contribution in [0.15, 0.2) is 42.5 Å². The standard InChI is InChI=1S/C21H20ClN3O3S/c1-12-18-20(15-8-5-9-16(27-2)19(15)28-3)29-11-17(26)23-21(18)25(24-12)14-7-4-6-13(22)10-14/h4-10,20H,11H2,1-3H3,(H,23,26). The number of benzene rings is 2. The van der Waals surface area contributed by atoms with E-state index in [4.69, 9.17) is 26.2 Å². The molecule has 2 aromatic carbocycles. The lowest BCUT2D eigenvalue weighted by molar-refractivity contribution is -0.113. The Kier molecular flexibility index (Phi) is 5.43. The molecule has 0 radical (unpaired) electrons. The van der Waals surface area contributed by atoms with Crippen LogP contribution in [0.3, 0.4) is 0 Å². The van der Waals surface area contributed by atoms with Gasteiger partial charge in [-0.15, -0.1) is 11.8 Å². The molecule has 150 valence electrons. The van der Waals surface area contributed by atoms with E-state index in [0.29, 0.717) is 28.1 Å². The number of ether oxygens (including phenoxy) is 2. The van der Waals surface area contributed by atoms with E-state index >= 15 is 0 Å². The van der Waals surface area contributed by atoms with Gasteiger partial charge in [-0.3, -0.25) is 4.79 Å². The first-order chi connectivity index (χ1) is 14.0. The average Bonchev–Trinajstić information content (AvgIpc) is 2.92. The third-order valence-corrected chi connectivity index (χ3v) is 6.26. The number of nitrogens with one attached hydrogen (secondary N) is 1. The fourth-order valence-corrected chi connectivity index (χ4v) is 4.93. The van der Waals surface area contributed by atoms with E-state index in [1.807, 2.05) is 43.3 Å². The molecule has 0 bridgehead atoms. The Morgan fingerprint density at radius 3 is 2.72 bits per heavy atom. The van der Waals surface area contributed by atoms with Crippen molar-refractivity contribution in [2.24, 2.45) is 0 Å². The fourth-order valence-electron chi connectivity index (χ4n) is 3.54. The van der Waals surface area contributed by atoms with Crippen LogP contribution < -0.4 is 14.8 Å². The van der Waals surface area contributed by atoms with Crippen molar-refractivity contribution in [3.05, 3.63) is 64.3 Å². The molecule has 1 atom stereocenters. The molecule has 6 nitrogen and oxygen atoms in total. The Bertz CT molecular complexity index is 1080. The van der Waals surface area contributed by atoms with Crippen LogP contribution in [-0.4, -0.2) is 35.7 Å². The largest absolute Gasteiger partial charge is 0.493 e. The minimum absolute atomic E-state index is 0.0798. The number of fused-ring (bicyclic) bond motifs is 1. The van der Waals surface area contributed by atoms with Crippen LogP contribution >= 0.6 is 23.4 Å². The van der Waals surface area contributed by atoms with Crippen molar-refractivity contribution < 1.29 is 14.3 Å². The second kappa shape index (κ2) is 8.00. The third kappa shape index (κ3) is 3.56. The Morgan fingerprint density at radius 2 is 2.00 bits per heavy atom. The van der Waals surface area contributed by atoms with E-state index in [1.54, 1.807) is 25.0 Å². The quantitative estimate of drug-likeness (QED) is 0.655. The van der Waals surface area contributed by atoms with Gasteiger partial charge in [0.15, 0.2) is 11.5 Å². The summed E-state index contributed by atoms with van der Waals surface area (Å²) in [6.07, 6.45) is 0. The van der Waals surface area contributed by atoms with E-state index in [-0.39, 0.29) is 11.2 Å². The van der Waals surface area contributed by atoms with Gasteiger partial charge in [-0.2, -0.15) is 5.10 Å². The summed E-state index contributed by atoms with van der Waals surface area (Å²) in [6, 6.07) is 13.2. The van der Waals surface area contributed by atoms with Crippen LogP contribution in [-0.2, 0) is 4.79 Å². The number of carbonyl (C=O) groups is 1. The van der Waals surface area contributed by atoms with Gasteiger partial charge in [0, 0.05) is 16.1 Å². The molecule has 3 aromatic rings. The van der Waals surface area contributed by atoms with E-state index in [2.05, 4.69) is 5.32 Å². The number of aryl methyl sites for hydroxylation is 1. The fraction of sp³-hybridized carbons (Fsp3) is 0.238. The van der Waals surface area contributed by atoms with Crippen molar-refractivity contribution in [1.82, 2.24) is 9.78 Å². The van der Waals surface area contributed by atoms with Gasteiger partial charge in [0.2, 0.25) is 5.91 Å². The summed E-state index contributed by atoms with van der Waals surface area (Å²) in [5, 5.41) is 8.18. The van der Waals surface area contributed by atoms with Gasteiger partial charge in [-0.1, -0.05) is 29.8 Å². The Hall–Kier alpha value is -2.64. The van der Waals surface area contributed by atoms with Gasteiger partial charge in [0.25, 0.3) is 0 Å². The number of rotatable bonds is 4. The summed E-state index contributed by atoms with van der Waals surface area (Å²) < 4.78 is 12.9. The highest BCUT2D eigenvalue weighted by molar-refractivity contribution is 8.00. The van der Waals surface area contributed by atoms with Crippen LogP contribution in [0, 0.1) is 6.92 Å². The molecule has 8 heteroatoms. The van der Waals surface area contributed by atoms with Crippen molar-refractivity contribution in [2.75, 3.05) is 25.3 Å². The first kappa shape index (κ1) is 19.7. The number of nitrogens with zero attached hydrogens (tertiary/aromatic N) is 2. The maximum Gasteiger partial charge on any atom is 0.235 e. The lowest BCUT2D eigenvalue weighted by atomic mass is 10.0. The van der Waals surface area contributed by atoms with Gasteiger partial charge >= 0.3 is 0 Å². The number of hydrogen-bond donors (Lipinski definition) is 1. The lowest BCUT2D eigenvalue weighted by Gasteiger charge is -2.20. The van der Waals surface area contributed by atoms with Crippen molar-refractivity contribution in [3.63, 3.8) is 0 Å². The van der Waals surface area contributed by atoms with Gasteiger partial charge in [0.1, 0.15) is 5.82 Å². The molecule has 0 saturated carbocycles. The van der Waals surface area contributed by atoms with Crippen molar-refractivity contribution in [3.8, 4) is 17.2 Å². The predicted octanol–water partition coefficient (Wildman–Crippen LogP) is 4.63. The molecule has 1 amide bonds. The van der Waals surface area contributed by atoms with Crippen LogP contribution in [0.25, 0.3) is 5.69 Å². The van der Waals surface area contributed by atoms with E-state index in [9.17, 15) is 4.79 Å². The topological polar surface area (TPSA) is 65.4 Å². The first-order valence-corrected chi connectivity index (χ1v) is 10.4. The molecule has 2 heterocycles. The van der Waals surface area contributed by atoms with Crippen molar-refractivity contribution in [2.45, 2.75) is 12.2 Å². The molecule has 4 rings (SSSR count). The molecular weight excluding hydrogens is 410 g/mol. The molecule has 1 aliphatic rings. The summed E-state index contributed by atoms with van der Waals surface area (Å²) in [4.78, 5) is 12.5. The Labute approximate surface area is 178 Å². The number of carbonyl (C=O) groups excluding carboxylic acids is 1. The molecule has 1 unspecified atom stereocenters. The third-order valence-electron chi connectivity index (χ3n) is 4.78. The number of anilines is 1. The molecular formula is C21H20ClN3O3S. The maximum absolute atomic E-state index is 12.5. The maximum atomic E-state index is 12.5. The summed E-state index contributed by atoms with van der Waals surface area (Å²) in [5.74, 6) is 2.19. The number of halogens is 1. The molecule has 1 aromatic heterocycles. The second-order valence-electron chi connectivity index (χ2n) is 6.56. The second-order valence-corrected chi connectivity index (χ2v) is 8.09. The van der Waals surface area contributed by atoms with E-state index < -0.39 is 0 Å². The molecule has 1 aliphatic heterocycles. The highest BCUT2D eigenvalue weighted by Gasteiger charge is 2.32. The highest BCUT2D eigenvalue weighted by Crippen LogP contribution is 2.48. The van der Waals surface area contributed by atoms with Crippen molar-refractivity contribution >= 4 is 35.1 Å². The van der Waals surface area contributed by atoms with Gasteiger partial charge < -0.3 is 14.8 Å². The minimum Gasteiger partial charge on any atom is -0.493 e. The van der Waals surface area contributed by atoms with Gasteiger partial charge in [-0.05, 0) is 31.2 Å². The van der Waals surface area contributed by atoms with Crippen LogP contribution in [0.1, 0.15) is 22.1 Å². The zero-order chi connectivity index (χ0) is 20.5.